The highest BCUT2D eigenvalue weighted by atomic mass is 19.1. The van der Waals surface area contributed by atoms with Gasteiger partial charge in [-0.2, -0.15) is 4.57 Å². The number of benzene rings is 1. The van der Waals surface area contributed by atoms with Gasteiger partial charge < -0.3 is 14.8 Å². The number of amides is 2. The van der Waals surface area contributed by atoms with Gasteiger partial charge in [-0.05, 0) is 31.0 Å². The van der Waals surface area contributed by atoms with Crippen molar-refractivity contribution >= 4 is 22.8 Å². The van der Waals surface area contributed by atoms with E-state index < -0.39 is 23.1 Å². The Kier molecular flexibility index (Phi) is 4.74. The molecule has 8 nitrogen and oxygen atoms in total. The topological polar surface area (TPSA) is 95.5 Å². The Morgan fingerprint density at radius 2 is 1.64 bits per heavy atom. The van der Waals surface area contributed by atoms with Gasteiger partial charge in [-0.25, -0.2) is 14.0 Å². The highest BCUT2D eigenvalue weighted by Gasteiger charge is 2.31. The quantitative estimate of drug-likeness (QED) is 0.792. The van der Waals surface area contributed by atoms with Crippen molar-refractivity contribution in [1.29, 1.82) is 0 Å². The molecular formula is C19H21FN4O4. The number of nitrogens with one attached hydrogen (secondary N) is 1. The lowest BCUT2D eigenvalue weighted by atomic mass is 10.1. The summed E-state index contributed by atoms with van der Waals surface area (Å²) in [5, 5.41) is -0.0667. The van der Waals surface area contributed by atoms with Gasteiger partial charge in [0.25, 0.3) is 5.56 Å². The van der Waals surface area contributed by atoms with Crippen LogP contribution in [-0.2, 0) is 4.79 Å². The number of carbonyl (C=O) groups is 2. The minimum atomic E-state index is -0.862. The Labute approximate surface area is 159 Å². The summed E-state index contributed by atoms with van der Waals surface area (Å²) < 4.78 is 14.0. The van der Waals surface area contributed by atoms with Crippen molar-refractivity contribution in [1.82, 2.24) is 19.4 Å². The first-order valence-electron chi connectivity index (χ1n) is 9.48. The molecule has 0 unspecified atom stereocenters. The van der Waals surface area contributed by atoms with Crippen LogP contribution in [0.5, 0.6) is 0 Å². The van der Waals surface area contributed by atoms with E-state index in [4.69, 9.17) is 0 Å². The molecule has 0 atom stereocenters. The summed E-state index contributed by atoms with van der Waals surface area (Å²) in [5.74, 6) is -0.432. The van der Waals surface area contributed by atoms with Crippen molar-refractivity contribution in [3.8, 4) is 0 Å². The molecule has 2 amide bonds. The zero-order valence-electron chi connectivity index (χ0n) is 15.3. The van der Waals surface area contributed by atoms with Gasteiger partial charge in [-0.3, -0.25) is 9.59 Å². The van der Waals surface area contributed by atoms with Gasteiger partial charge in [0.05, 0.1) is 10.9 Å². The summed E-state index contributed by atoms with van der Waals surface area (Å²) in [4.78, 5) is 55.7. The SMILES string of the molecule is O=C(C1CCCC1)N1CCN(C(=O)n2c(=O)[nH]c3ccc(F)cc3c2=O)CC1. The summed E-state index contributed by atoms with van der Waals surface area (Å²) >= 11 is 0. The first-order chi connectivity index (χ1) is 13.5. The summed E-state index contributed by atoms with van der Waals surface area (Å²) in [5.41, 5.74) is -1.54. The number of fused-ring (bicyclic) bond motifs is 1. The molecule has 2 heterocycles. The Balaban J connectivity index is 1.53. The number of piperazine rings is 1. The highest BCUT2D eigenvalue weighted by Crippen LogP contribution is 2.26. The molecule has 1 N–H and O–H groups in total. The molecule has 0 radical (unpaired) electrons. The molecule has 4 rings (SSSR count). The van der Waals surface area contributed by atoms with E-state index in [-0.39, 0.29) is 35.8 Å². The number of aromatic amines is 1. The first-order valence-corrected chi connectivity index (χ1v) is 9.48. The molecule has 148 valence electrons. The minimum absolute atomic E-state index is 0.0667. The molecule has 9 heteroatoms. The number of H-pyrrole nitrogens is 1. The van der Waals surface area contributed by atoms with Crippen LogP contribution >= 0.6 is 0 Å². The van der Waals surface area contributed by atoms with Crippen LogP contribution in [0, 0.1) is 11.7 Å². The molecule has 1 saturated carbocycles. The molecule has 1 aliphatic carbocycles. The van der Waals surface area contributed by atoms with Crippen molar-refractivity contribution < 1.29 is 14.0 Å². The average Bonchev–Trinajstić information content (AvgIpc) is 3.23. The summed E-state index contributed by atoms with van der Waals surface area (Å²) in [7, 11) is 0. The number of halogens is 1. The largest absolute Gasteiger partial charge is 0.339 e. The maximum Gasteiger partial charge on any atom is 0.337 e. The predicted octanol–water partition coefficient (Wildman–Crippen LogP) is 1.13. The normalized spacial score (nSPS) is 18.0. The third-order valence-corrected chi connectivity index (χ3v) is 5.62. The smallest absolute Gasteiger partial charge is 0.337 e. The van der Waals surface area contributed by atoms with Crippen LogP contribution < -0.4 is 11.2 Å². The summed E-state index contributed by atoms with van der Waals surface area (Å²) in [6.45, 7) is 1.22. The average molecular weight is 388 g/mol. The standard InChI is InChI=1S/C19H21FN4O4/c20-13-5-6-15-14(11-13)17(26)24(18(27)21-15)19(28)23-9-7-22(8-10-23)16(25)12-3-1-2-4-12/h5-6,11-12H,1-4,7-10H2,(H,21,27). The van der Waals surface area contributed by atoms with E-state index in [1.807, 2.05) is 0 Å². The van der Waals surface area contributed by atoms with Gasteiger partial charge in [0.1, 0.15) is 5.82 Å². The van der Waals surface area contributed by atoms with Gasteiger partial charge in [0.2, 0.25) is 5.91 Å². The summed E-state index contributed by atoms with van der Waals surface area (Å²) in [6, 6.07) is 2.65. The molecule has 1 aliphatic heterocycles. The molecule has 0 bridgehead atoms. The zero-order valence-corrected chi connectivity index (χ0v) is 15.3. The number of carbonyl (C=O) groups excluding carboxylic acids is 2. The lowest BCUT2D eigenvalue weighted by Gasteiger charge is -2.35. The van der Waals surface area contributed by atoms with Gasteiger partial charge in [0, 0.05) is 32.1 Å². The number of rotatable bonds is 1. The van der Waals surface area contributed by atoms with E-state index in [1.54, 1.807) is 4.90 Å². The van der Waals surface area contributed by atoms with E-state index in [9.17, 15) is 23.6 Å². The van der Waals surface area contributed by atoms with Gasteiger partial charge >= 0.3 is 11.7 Å². The highest BCUT2D eigenvalue weighted by molar-refractivity contribution is 5.83. The van der Waals surface area contributed by atoms with Crippen molar-refractivity contribution in [2.24, 2.45) is 5.92 Å². The molecule has 1 saturated heterocycles. The molecule has 1 aromatic heterocycles. The lowest BCUT2D eigenvalue weighted by molar-refractivity contribution is -0.136. The minimum Gasteiger partial charge on any atom is -0.339 e. The lowest BCUT2D eigenvalue weighted by Crippen LogP contribution is -2.55. The van der Waals surface area contributed by atoms with Crippen LogP contribution in [0.3, 0.4) is 0 Å². The molecule has 2 aliphatic rings. The third kappa shape index (κ3) is 3.21. The number of nitrogens with zero attached hydrogens (tertiary/aromatic N) is 3. The van der Waals surface area contributed by atoms with Crippen molar-refractivity contribution in [2.75, 3.05) is 26.2 Å². The summed E-state index contributed by atoms with van der Waals surface area (Å²) in [6.07, 6.45) is 3.97. The van der Waals surface area contributed by atoms with Crippen molar-refractivity contribution in [3.05, 3.63) is 44.9 Å². The van der Waals surface area contributed by atoms with Crippen LogP contribution in [0.4, 0.5) is 9.18 Å². The molecule has 2 aromatic rings. The fourth-order valence-electron chi connectivity index (χ4n) is 4.05. The monoisotopic (exact) mass is 388 g/mol. The van der Waals surface area contributed by atoms with E-state index in [0.717, 1.165) is 37.8 Å². The second-order valence-electron chi connectivity index (χ2n) is 7.34. The van der Waals surface area contributed by atoms with Crippen molar-refractivity contribution in [2.45, 2.75) is 25.7 Å². The van der Waals surface area contributed by atoms with Crippen LogP contribution in [0.25, 0.3) is 10.9 Å². The fourth-order valence-corrected chi connectivity index (χ4v) is 4.05. The van der Waals surface area contributed by atoms with Crippen molar-refractivity contribution in [3.63, 3.8) is 0 Å². The van der Waals surface area contributed by atoms with E-state index in [0.29, 0.717) is 17.7 Å². The van der Waals surface area contributed by atoms with Crippen LogP contribution in [-0.4, -0.2) is 57.5 Å². The molecule has 28 heavy (non-hydrogen) atoms. The zero-order chi connectivity index (χ0) is 19.8. The van der Waals surface area contributed by atoms with E-state index in [2.05, 4.69) is 4.98 Å². The first kappa shape index (κ1) is 18.4. The Morgan fingerprint density at radius 3 is 2.32 bits per heavy atom. The second-order valence-corrected chi connectivity index (χ2v) is 7.34. The van der Waals surface area contributed by atoms with E-state index in [1.165, 1.54) is 11.0 Å². The van der Waals surface area contributed by atoms with Crippen LogP contribution in [0.1, 0.15) is 25.7 Å². The number of aromatic nitrogens is 2. The third-order valence-electron chi connectivity index (χ3n) is 5.62. The fraction of sp³-hybridized carbons (Fsp3) is 0.474. The molecule has 2 fully saturated rings. The van der Waals surface area contributed by atoms with Crippen LogP contribution in [0.2, 0.25) is 0 Å². The number of hydrogen-bond donors (Lipinski definition) is 1. The molecule has 1 aromatic carbocycles. The molecule has 0 spiro atoms. The predicted molar refractivity (Wildman–Crippen MR) is 99.7 cm³/mol. The Morgan fingerprint density at radius 1 is 1.00 bits per heavy atom. The Bertz CT molecular complexity index is 1050. The Hall–Kier alpha value is -2.97. The number of hydrogen-bond acceptors (Lipinski definition) is 4. The van der Waals surface area contributed by atoms with Gasteiger partial charge in [-0.15, -0.1) is 0 Å². The second kappa shape index (κ2) is 7.21. The molecular weight excluding hydrogens is 367 g/mol. The maximum atomic E-state index is 13.5. The maximum absolute atomic E-state index is 13.5. The van der Waals surface area contributed by atoms with Crippen LogP contribution in [0.15, 0.2) is 27.8 Å². The van der Waals surface area contributed by atoms with E-state index >= 15 is 0 Å². The van der Waals surface area contributed by atoms with Gasteiger partial charge in [-0.1, -0.05) is 12.8 Å². The van der Waals surface area contributed by atoms with Gasteiger partial charge in [0.15, 0.2) is 0 Å².